The molecule has 1 fully saturated rings. The molecule has 0 unspecified atom stereocenters. The van der Waals surface area contributed by atoms with Gasteiger partial charge in [0.25, 0.3) is 5.91 Å². The molecule has 4 rings (SSSR count). The SMILES string of the molecule is CCc1cccc(Nc2ccc(C(=O)NNc3ncc(F)c(N4CCOCC4)n3)nc2)c1. The zero-order chi connectivity index (χ0) is 22.3. The Kier molecular flexibility index (Phi) is 6.71. The highest BCUT2D eigenvalue weighted by Gasteiger charge is 2.18. The zero-order valence-electron chi connectivity index (χ0n) is 17.6. The van der Waals surface area contributed by atoms with Gasteiger partial charge < -0.3 is 15.0 Å². The molecule has 0 spiro atoms. The molecule has 3 aromatic rings. The average molecular weight is 437 g/mol. The number of amides is 1. The summed E-state index contributed by atoms with van der Waals surface area (Å²) in [6, 6.07) is 11.5. The summed E-state index contributed by atoms with van der Waals surface area (Å²) in [6.45, 7) is 4.18. The molecular formula is C22H24FN7O2. The standard InChI is InChI=1S/C22H24FN7O2/c1-2-15-4-3-5-16(12-15)26-17-6-7-19(24-13-17)21(31)28-29-22-25-14-18(23)20(27-22)30-8-10-32-11-9-30/h3-7,12-14,26H,2,8-11H2,1H3,(H,28,31)(H,25,27,29). The quantitative estimate of drug-likeness (QED) is 0.485. The van der Waals surface area contributed by atoms with E-state index in [4.69, 9.17) is 4.74 Å². The van der Waals surface area contributed by atoms with Gasteiger partial charge >= 0.3 is 0 Å². The van der Waals surface area contributed by atoms with E-state index >= 15 is 0 Å². The van der Waals surface area contributed by atoms with Crippen LogP contribution in [0.15, 0.2) is 48.8 Å². The predicted octanol–water partition coefficient (Wildman–Crippen LogP) is 2.91. The van der Waals surface area contributed by atoms with Crippen molar-refractivity contribution in [2.75, 3.05) is 41.9 Å². The van der Waals surface area contributed by atoms with Crippen LogP contribution in [0.2, 0.25) is 0 Å². The summed E-state index contributed by atoms with van der Waals surface area (Å²) in [5, 5.41) is 3.27. The lowest BCUT2D eigenvalue weighted by Crippen LogP contribution is -2.38. The van der Waals surface area contributed by atoms with Gasteiger partial charge in [0, 0.05) is 18.8 Å². The van der Waals surface area contributed by atoms with Crippen molar-refractivity contribution < 1.29 is 13.9 Å². The van der Waals surface area contributed by atoms with Crippen molar-refractivity contribution in [3.8, 4) is 0 Å². The van der Waals surface area contributed by atoms with Crippen LogP contribution >= 0.6 is 0 Å². The fraction of sp³-hybridized carbons (Fsp3) is 0.273. The molecule has 10 heteroatoms. The van der Waals surface area contributed by atoms with Gasteiger partial charge in [-0.25, -0.2) is 14.4 Å². The van der Waals surface area contributed by atoms with Gasteiger partial charge in [0.2, 0.25) is 5.95 Å². The summed E-state index contributed by atoms with van der Waals surface area (Å²) in [5.74, 6) is -0.750. The second-order valence-corrected chi connectivity index (χ2v) is 7.15. The smallest absolute Gasteiger partial charge is 0.288 e. The number of morpholine rings is 1. The van der Waals surface area contributed by atoms with Gasteiger partial charge in [-0.2, -0.15) is 4.98 Å². The molecule has 32 heavy (non-hydrogen) atoms. The van der Waals surface area contributed by atoms with Crippen LogP contribution < -0.4 is 21.1 Å². The summed E-state index contributed by atoms with van der Waals surface area (Å²) >= 11 is 0. The maximum atomic E-state index is 14.1. The van der Waals surface area contributed by atoms with E-state index in [1.165, 1.54) is 5.56 Å². The third-order valence-electron chi connectivity index (χ3n) is 4.94. The summed E-state index contributed by atoms with van der Waals surface area (Å²) in [6.07, 6.45) is 3.60. The van der Waals surface area contributed by atoms with Gasteiger partial charge in [-0.05, 0) is 36.2 Å². The summed E-state index contributed by atoms with van der Waals surface area (Å²) < 4.78 is 19.4. The average Bonchev–Trinajstić information content (AvgIpc) is 2.84. The van der Waals surface area contributed by atoms with Crippen molar-refractivity contribution >= 4 is 29.0 Å². The summed E-state index contributed by atoms with van der Waals surface area (Å²) in [5.41, 5.74) is 8.25. The second-order valence-electron chi connectivity index (χ2n) is 7.15. The number of aryl methyl sites for hydroxylation is 1. The number of nitrogens with one attached hydrogen (secondary N) is 3. The highest BCUT2D eigenvalue weighted by molar-refractivity contribution is 5.93. The molecule has 3 N–H and O–H groups in total. The number of nitrogens with zero attached hydrogens (tertiary/aromatic N) is 4. The third-order valence-corrected chi connectivity index (χ3v) is 4.94. The van der Waals surface area contributed by atoms with Gasteiger partial charge in [0.1, 0.15) is 5.69 Å². The molecule has 1 aliphatic rings. The van der Waals surface area contributed by atoms with E-state index < -0.39 is 11.7 Å². The number of halogens is 1. The molecule has 1 aliphatic heterocycles. The van der Waals surface area contributed by atoms with Crippen LogP contribution in [0, 0.1) is 5.82 Å². The maximum Gasteiger partial charge on any atom is 0.288 e. The summed E-state index contributed by atoms with van der Waals surface area (Å²) in [7, 11) is 0. The molecule has 166 valence electrons. The number of pyridine rings is 1. The molecule has 0 bridgehead atoms. The molecule has 1 saturated heterocycles. The molecule has 3 heterocycles. The summed E-state index contributed by atoms with van der Waals surface area (Å²) in [4.78, 5) is 26.4. The maximum absolute atomic E-state index is 14.1. The number of aromatic nitrogens is 3. The first-order chi connectivity index (χ1) is 15.6. The van der Waals surface area contributed by atoms with Crippen molar-refractivity contribution in [3.05, 3.63) is 65.9 Å². The first kappa shape index (κ1) is 21.4. The highest BCUT2D eigenvalue weighted by Crippen LogP contribution is 2.19. The number of benzene rings is 1. The topological polar surface area (TPSA) is 104 Å². The van der Waals surface area contributed by atoms with Crippen molar-refractivity contribution in [1.82, 2.24) is 20.4 Å². The lowest BCUT2D eigenvalue weighted by molar-refractivity contribution is 0.0957. The minimum absolute atomic E-state index is 0.0790. The number of anilines is 4. The number of hydrogen-bond acceptors (Lipinski definition) is 8. The number of carbonyl (C=O) groups is 1. The van der Waals surface area contributed by atoms with Gasteiger partial charge in [-0.15, -0.1) is 0 Å². The number of carbonyl (C=O) groups excluding carboxylic acids is 1. The van der Waals surface area contributed by atoms with E-state index in [1.807, 2.05) is 12.1 Å². The van der Waals surface area contributed by atoms with Gasteiger partial charge in [-0.3, -0.25) is 15.6 Å². The van der Waals surface area contributed by atoms with Crippen LogP contribution in [-0.2, 0) is 11.2 Å². The van der Waals surface area contributed by atoms with Crippen molar-refractivity contribution in [2.24, 2.45) is 0 Å². The van der Waals surface area contributed by atoms with Crippen LogP contribution in [0.5, 0.6) is 0 Å². The number of hydrazine groups is 1. The van der Waals surface area contributed by atoms with E-state index in [2.05, 4.69) is 50.2 Å². The second kappa shape index (κ2) is 10.0. The van der Waals surface area contributed by atoms with Crippen molar-refractivity contribution in [1.29, 1.82) is 0 Å². The number of rotatable bonds is 7. The zero-order valence-corrected chi connectivity index (χ0v) is 17.6. The van der Waals surface area contributed by atoms with Crippen LogP contribution in [0.3, 0.4) is 0 Å². The Morgan fingerprint density at radius 2 is 1.97 bits per heavy atom. The van der Waals surface area contributed by atoms with E-state index in [1.54, 1.807) is 23.2 Å². The molecule has 1 amide bonds. The number of hydrogen-bond donors (Lipinski definition) is 3. The van der Waals surface area contributed by atoms with E-state index in [0.29, 0.717) is 26.3 Å². The highest BCUT2D eigenvalue weighted by atomic mass is 19.1. The molecule has 0 radical (unpaired) electrons. The Labute approximate surface area is 185 Å². The fourth-order valence-corrected chi connectivity index (χ4v) is 3.23. The van der Waals surface area contributed by atoms with Crippen LogP contribution in [-0.4, -0.2) is 47.2 Å². The van der Waals surface area contributed by atoms with Gasteiger partial charge in [0.05, 0.1) is 31.3 Å². The Morgan fingerprint density at radius 1 is 1.12 bits per heavy atom. The first-order valence-corrected chi connectivity index (χ1v) is 10.4. The lowest BCUT2D eigenvalue weighted by Gasteiger charge is -2.28. The minimum atomic E-state index is -0.530. The van der Waals surface area contributed by atoms with Crippen molar-refractivity contribution in [2.45, 2.75) is 13.3 Å². The molecular weight excluding hydrogens is 413 g/mol. The van der Waals surface area contributed by atoms with Crippen LogP contribution in [0.4, 0.5) is 27.5 Å². The molecule has 9 nitrogen and oxygen atoms in total. The van der Waals surface area contributed by atoms with Crippen molar-refractivity contribution in [3.63, 3.8) is 0 Å². The first-order valence-electron chi connectivity index (χ1n) is 10.4. The van der Waals surface area contributed by atoms with E-state index in [9.17, 15) is 9.18 Å². The monoisotopic (exact) mass is 437 g/mol. The number of ether oxygens (including phenoxy) is 1. The Morgan fingerprint density at radius 3 is 2.72 bits per heavy atom. The molecule has 0 atom stereocenters. The largest absolute Gasteiger partial charge is 0.378 e. The van der Waals surface area contributed by atoms with E-state index in [-0.39, 0.29) is 17.5 Å². The molecule has 2 aromatic heterocycles. The minimum Gasteiger partial charge on any atom is -0.378 e. The van der Waals surface area contributed by atoms with Crippen LogP contribution in [0.1, 0.15) is 23.0 Å². The molecule has 1 aromatic carbocycles. The van der Waals surface area contributed by atoms with Gasteiger partial charge in [-0.1, -0.05) is 19.1 Å². The predicted molar refractivity (Wildman–Crippen MR) is 119 cm³/mol. The Balaban J connectivity index is 1.36. The molecule has 0 saturated carbocycles. The molecule has 0 aliphatic carbocycles. The van der Waals surface area contributed by atoms with Crippen LogP contribution in [0.25, 0.3) is 0 Å². The third kappa shape index (κ3) is 5.27. The van der Waals surface area contributed by atoms with E-state index in [0.717, 1.165) is 24.0 Å². The normalized spacial score (nSPS) is 13.5. The lowest BCUT2D eigenvalue weighted by atomic mass is 10.1. The van der Waals surface area contributed by atoms with Gasteiger partial charge in [0.15, 0.2) is 11.6 Å². The Hall–Kier alpha value is -3.79. The fourth-order valence-electron chi connectivity index (χ4n) is 3.23. The Bertz CT molecular complexity index is 1070.